The van der Waals surface area contributed by atoms with Crippen LogP contribution >= 0.6 is 0 Å². The van der Waals surface area contributed by atoms with Crippen LogP contribution in [0.5, 0.6) is 5.75 Å². The van der Waals surface area contributed by atoms with Crippen molar-refractivity contribution < 1.29 is 17.9 Å². The van der Waals surface area contributed by atoms with Gasteiger partial charge in [0.25, 0.3) is 0 Å². The maximum atomic E-state index is 12.7. The highest BCUT2D eigenvalue weighted by Gasteiger charge is 2.62. The molecule has 1 aromatic carbocycles. The number of benzene rings is 1. The lowest BCUT2D eigenvalue weighted by Gasteiger charge is -2.20. The molecule has 0 aromatic heterocycles. The van der Waals surface area contributed by atoms with Gasteiger partial charge in [-0.3, -0.25) is 5.32 Å². The maximum absolute atomic E-state index is 12.7. The second-order valence-electron chi connectivity index (χ2n) is 4.97. The minimum absolute atomic E-state index is 0.185. The van der Waals surface area contributed by atoms with E-state index in [0.717, 1.165) is 23.3 Å². The zero-order valence-electron chi connectivity index (χ0n) is 9.81. The standard InChI is InChI=1S/C13H14F3NO/c14-13(15,16)12(4-5-12)17-8-9-1-2-11-10(7-9)3-6-18-11/h1-2,7,17H,3-6,8H2. The fraction of sp³-hybridized carbons (Fsp3) is 0.538. The number of ether oxygens (including phenoxy) is 1. The van der Waals surface area contributed by atoms with Crippen LogP contribution in [0.15, 0.2) is 18.2 Å². The molecule has 1 aliphatic carbocycles. The van der Waals surface area contributed by atoms with Gasteiger partial charge in [-0.1, -0.05) is 12.1 Å². The molecule has 18 heavy (non-hydrogen) atoms. The van der Waals surface area contributed by atoms with Crippen LogP contribution < -0.4 is 10.1 Å². The Balaban J connectivity index is 1.68. The van der Waals surface area contributed by atoms with E-state index in [1.807, 2.05) is 18.2 Å². The quantitative estimate of drug-likeness (QED) is 0.899. The molecule has 0 radical (unpaired) electrons. The summed E-state index contributed by atoms with van der Waals surface area (Å²) in [5.41, 5.74) is 0.337. The van der Waals surface area contributed by atoms with Crippen LogP contribution in [-0.2, 0) is 13.0 Å². The highest BCUT2D eigenvalue weighted by Crippen LogP contribution is 2.49. The molecule has 0 amide bonds. The average molecular weight is 257 g/mol. The van der Waals surface area contributed by atoms with Gasteiger partial charge in [0.05, 0.1) is 6.61 Å². The number of hydrogen-bond acceptors (Lipinski definition) is 2. The van der Waals surface area contributed by atoms with Gasteiger partial charge in [-0.2, -0.15) is 13.2 Å². The van der Waals surface area contributed by atoms with Crippen molar-refractivity contribution in [3.63, 3.8) is 0 Å². The topological polar surface area (TPSA) is 21.3 Å². The lowest BCUT2D eigenvalue weighted by atomic mass is 10.1. The summed E-state index contributed by atoms with van der Waals surface area (Å²) < 4.78 is 43.6. The van der Waals surface area contributed by atoms with E-state index in [9.17, 15) is 13.2 Å². The Morgan fingerprint density at radius 3 is 2.72 bits per heavy atom. The number of fused-ring (bicyclic) bond motifs is 1. The molecule has 1 saturated carbocycles. The van der Waals surface area contributed by atoms with Crippen molar-refractivity contribution in [3.8, 4) is 5.75 Å². The smallest absolute Gasteiger partial charge is 0.406 e. The minimum atomic E-state index is -4.15. The first-order valence-electron chi connectivity index (χ1n) is 6.07. The zero-order valence-corrected chi connectivity index (χ0v) is 9.81. The van der Waals surface area contributed by atoms with E-state index in [1.54, 1.807) is 0 Å². The highest BCUT2D eigenvalue weighted by molar-refractivity contribution is 5.39. The lowest BCUT2D eigenvalue weighted by Crippen LogP contribution is -2.44. The molecular weight excluding hydrogens is 243 g/mol. The predicted octanol–water partition coefficient (Wildman–Crippen LogP) is 2.81. The Labute approximate surface area is 103 Å². The minimum Gasteiger partial charge on any atom is -0.493 e. The molecule has 3 rings (SSSR count). The van der Waals surface area contributed by atoms with Gasteiger partial charge in [0.15, 0.2) is 0 Å². The molecule has 0 spiro atoms. The molecular formula is C13H14F3NO. The first-order valence-corrected chi connectivity index (χ1v) is 6.07. The number of alkyl halides is 3. The summed E-state index contributed by atoms with van der Waals surface area (Å²) in [6.45, 7) is 0.922. The molecule has 1 heterocycles. The van der Waals surface area contributed by atoms with Crippen molar-refractivity contribution in [2.45, 2.75) is 37.5 Å². The number of halogens is 3. The molecule has 0 atom stereocenters. The molecule has 2 nitrogen and oxygen atoms in total. The van der Waals surface area contributed by atoms with E-state index < -0.39 is 11.7 Å². The maximum Gasteiger partial charge on any atom is 0.406 e. The van der Waals surface area contributed by atoms with Gasteiger partial charge >= 0.3 is 6.18 Å². The molecule has 5 heteroatoms. The fourth-order valence-electron chi connectivity index (χ4n) is 2.31. The summed E-state index contributed by atoms with van der Waals surface area (Å²) in [4.78, 5) is 0. The van der Waals surface area contributed by atoms with Gasteiger partial charge in [-0.05, 0) is 30.0 Å². The first-order chi connectivity index (χ1) is 8.50. The number of nitrogens with one attached hydrogen (secondary N) is 1. The normalized spacial score (nSPS) is 20.4. The molecule has 1 fully saturated rings. The number of hydrogen-bond donors (Lipinski definition) is 1. The van der Waals surface area contributed by atoms with Gasteiger partial charge in [0.1, 0.15) is 11.3 Å². The van der Waals surface area contributed by atoms with E-state index in [4.69, 9.17) is 4.74 Å². The molecule has 1 aliphatic heterocycles. The van der Waals surface area contributed by atoms with Crippen LogP contribution in [0.3, 0.4) is 0 Å². The summed E-state index contributed by atoms with van der Waals surface area (Å²) in [5.74, 6) is 0.857. The third kappa shape index (κ3) is 1.96. The number of rotatable bonds is 3. The SMILES string of the molecule is FC(F)(F)C1(NCc2ccc3c(c2)CCO3)CC1. The Hall–Kier alpha value is -1.23. The van der Waals surface area contributed by atoms with Gasteiger partial charge in [0.2, 0.25) is 0 Å². The van der Waals surface area contributed by atoms with E-state index in [-0.39, 0.29) is 19.4 Å². The lowest BCUT2D eigenvalue weighted by molar-refractivity contribution is -0.166. The van der Waals surface area contributed by atoms with E-state index in [1.165, 1.54) is 0 Å². The van der Waals surface area contributed by atoms with Crippen molar-refractivity contribution in [2.75, 3.05) is 6.61 Å². The Morgan fingerprint density at radius 1 is 1.28 bits per heavy atom. The second kappa shape index (κ2) is 3.88. The average Bonchev–Trinajstić information content (AvgIpc) is 2.98. The Kier molecular flexibility index (Phi) is 2.55. The van der Waals surface area contributed by atoms with Crippen molar-refractivity contribution in [1.29, 1.82) is 0 Å². The van der Waals surface area contributed by atoms with Gasteiger partial charge < -0.3 is 4.74 Å². The van der Waals surface area contributed by atoms with Gasteiger partial charge in [0, 0.05) is 13.0 Å². The first kappa shape index (κ1) is 11.8. The van der Waals surface area contributed by atoms with Gasteiger partial charge in [-0.25, -0.2) is 0 Å². The monoisotopic (exact) mass is 257 g/mol. The van der Waals surface area contributed by atoms with E-state index >= 15 is 0 Å². The molecule has 1 aromatic rings. The second-order valence-corrected chi connectivity index (χ2v) is 4.97. The molecule has 2 aliphatic rings. The highest BCUT2D eigenvalue weighted by atomic mass is 19.4. The Morgan fingerprint density at radius 2 is 2.06 bits per heavy atom. The van der Waals surface area contributed by atoms with Crippen LogP contribution in [0.2, 0.25) is 0 Å². The van der Waals surface area contributed by atoms with Crippen molar-refractivity contribution in [3.05, 3.63) is 29.3 Å². The predicted molar refractivity (Wildman–Crippen MR) is 60.5 cm³/mol. The third-order valence-electron chi connectivity index (χ3n) is 3.68. The van der Waals surface area contributed by atoms with Gasteiger partial charge in [-0.15, -0.1) is 0 Å². The summed E-state index contributed by atoms with van der Waals surface area (Å²) in [6, 6.07) is 5.60. The largest absolute Gasteiger partial charge is 0.493 e. The molecule has 98 valence electrons. The van der Waals surface area contributed by atoms with Crippen molar-refractivity contribution >= 4 is 0 Å². The van der Waals surface area contributed by atoms with Crippen LogP contribution in [0.4, 0.5) is 13.2 Å². The Bertz CT molecular complexity index is 466. The van der Waals surface area contributed by atoms with Crippen molar-refractivity contribution in [1.82, 2.24) is 5.32 Å². The molecule has 0 bridgehead atoms. The van der Waals surface area contributed by atoms with E-state index in [0.29, 0.717) is 6.61 Å². The van der Waals surface area contributed by atoms with Crippen LogP contribution in [0, 0.1) is 0 Å². The summed E-state index contributed by atoms with van der Waals surface area (Å²) in [5, 5.41) is 2.65. The molecule has 0 unspecified atom stereocenters. The third-order valence-corrected chi connectivity index (χ3v) is 3.68. The molecule has 0 saturated heterocycles. The molecule has 1 N–H and O–H groups in total. The van der Waals surface area contributed by atoms with Crippen LogP contribution in [0.1, 0.15) is 24.0 Å². The van der Waals surface area contributed by atoms with Crippen LogP contribution in [-0.4, -0.2) is 18.3 Å². The van der Waals surface area contributed by atoms with Crippen LogP contribution in [0.25, 0.3) is 0 Å². The summed E-state index contributed by atoms with van der Waals surface area (Å²) >= 11 is 0. The van der Waals surface area contributed by atoms with Crippen molar-refractivity contribution in [2.24, 2.45) is 0 Å². The summed E-state index contributed by atoms with van der Waals surface area (Å²) in [7, 11) is 0. The fourth-order valence-corrected chi connectivity index (χ4v) is 2.31. The van der Waals surface area contributed by atoms with E-state index in [2.05, 4.69) is 5.32 Å². The zero-order chi connectivity index (χ0) is 12.8. The summed E-state index contributed by atoms with van der Waals surface area (Å²) in [6.07, 6.45) is -2.93.